The van der Waals surface area contributed by atoms with Crippen molar-refractivity contribution < 1.29 is 9.15 Å². The maximum Gasteiger partial charge on any atom is 0.287 e. The van der Waals surface area contributed by atoms with Gasteiger partial charge in [0.15, 0.2) is 5.76 Å². The van der Waals surface area contributed by atoms with E-state index in [1.165, 1.54) is 0 Å². The second-order valence-electron chi connectivity index (χ2n) is 3.51. The van der Waals surface area contributed by atoms with Crippen LogP contribution in [0.4, 0.5) is 0 Å². The highest BCUT2D eigenvalue weighted by Crippen LogP contribution is 2.28. The van der Waals surface area contributed by atoms with E-state index in [4.69, 9.17) is 9.15 Å². The van der Waals surface area contributed by atoms with E-state index in [-0.39, 0.29) is 0 Å². The molecule has 0 fully saturated rings. The minimum absolute atomic E-state index is 0.527. The van der Waals surface area contributed by atoms with Crippen molar-refractivity contribution in [2.45, 2.75) is 19.8 Å². The highest BCUT2D eigenvalue weighted by atomic mass is 16.5. The summed E-state index contributed by atoms with van der Waals surface area (Å²) < 4.78 is 10.8. The van der Waals surface area contributed by atoms with Gasteiger partial charge in [0.05, 0.1) is 6.61 Å². The Balaban J connectivity index is 2.13. The monoisotopic (exact) mass is 216 g/mol. The Morgan fingerprint density at radius 2 is 2.12 bits per heavy atom. The van der Waals surface area contributed by atoms with Crippen molar-refractivity contribution in [2.24, 2.45) is 0 Å². The molecule has 3 heteroatoms. The fraction of sp³-hybridized carbons (Fsp3) is 0.308. The van der Waals surface area contributed by atoms with E-state index in [1.807, 2.05) is 30.3 Å². The van der Waals surface area contributed by atoms with Crippen LogP contribution < -0.4 is 4.74 Å². The molecule has 2 rings (SSSR count). The number of aromatic nitrogens is 1. The standard InChI is InChI=1S/C13H14NO2/c1-2-3-9-15-13-12(16-10-14-13)11-7-5-4-6-8-11/h4-8H,2-3,9H2,1H3. The summed E-state index contributed by atoms with van der Waals surface area (Å²) in [4.78, 5) is 3.95. The van der Waals surface area contributed by atoms with Crippen LogP contribution in [0.3, 0.4) is 0 Å². The first-order chi connectivity index (χ1) is 7.92. The van der Waals surface area contributed by atoms with Crippen molar-refractivity contribution >= 4 is 0 Å². The fourth-order valence-corrected chi connectivity index (χ4v) is 1.39. The third-order valence-corrected chi connectivity index (χ3v) is 2.26. The molecule has 2 aromatic rings. The summed E-state index contributed by atoms with van der Waals surface area (Å²) in [6.45, 7) is 2.78. The van der Waals surface area contributed by atoms with Gasteiger partial charge in [-0.05, 0) is 6.42 Å². The molecule has 0 N–H and O–H groups in total. The number of hydrogen-bond acceptors (Lipinski definition) is 3. The molecule has 0 saturated heterocycles. The fourth-order valence-electron chi connectivity index (χ4n) is 1.39. The molecule has 0 aliphatic heterocycles. The van der Waals surface area contributed by atoms with Gasteiger partial charge in [-0.1, -0.05) is 43.7 Å². The molecule has 83 valence electrons. The summed E-state index contributed by atoms with van der Waals surface area (Å²) in [6.07, 6.45) is 4.59. The molecule has 3 nitrogen and oxygen atoms in total. The predicted molar refractivity (Wildman–Crippen MR) is 61.2 cm³/mol. The smallest absolute Gasteiger partial charge is 0.287 e. The Bertz CT molecular complexity index is 423. The predicted octanol–water partition coefficient (Wildman–Crippen LogP) is 3.32. The molecule has 0 amide bonds. The first-order valence-electron chi connectivity index (χ1n) is 5.47. The van der Waals surface area contributed by atoms with Crippen molar-refractivity contribution in [1.29, 1.82) is 0 Å². The van der Waals surface area contributed by atoms with Gasteiger partial charge < -0.3 is 9.15 Å². The zero-order valence-corrected chi connectivity index (χ0v) is 9.27. The summed E-state index contributed by atoms with van der Waals surface area (Å²) in [5.74, 6) is 1.18. The van der Waals surface area contributed by atoms with E-state index in [1.54, 1.807) is 0 Å². The summed E-state index contributed by atoms with van der Waals surface area (Å²) >= 11 is 0. The maximum atomic E-state index is 5.54. The number of hydrogen-bond donors (Lipinski definition) is 0. The largest absolute Gasteiger partial charge is 0.475 e. The number of rotatable bonds is 5. The van der Waals surface area contributed by atoms with Crippen LogP contribution in [0, 0.1) is 6.39 Å². The lowest BCUT2D eigenvalue weighted by Gasteiger charge is -2.03. The molecule has 0 unspecified atom stereocenters. The third kappa shape index (κ3) is 2.42. The van der Waals surface area contributed by atoms with Crippen molar-refractivity contribution in [3.8, 4) is 17.2 Å². The minimum Gasteiger partial charge on any atom is -0.475 e. The summed E-state index contributed by atoms with van der Waals surface area (Å²) in [5, 5.41) is 0. The minimum atomic E-state index is 0.527. The van der Waals surface area contributed by atoms with Crippen LogP contribution >= 0.6 is 0 Å². The molecule has 0 aliphatic rings. The van der Waals surface area contributed by atoms with Crippen LogP contribution in [-0.2, 0) is 0 Å². The lowest BCUT2D eigenvalue weighted by Crippen LogP contribution is -1.97. The second-order valence-corrected chi connectivity index (χ2v) is 3.51. The van der Waals surface area contributed by atoms with Crippen molar-refractivity contribution in [2.75, 3.05) is 6.61 Å². The molecule has 0 saturated carbocycles. The van der Waals surface area contributed by atoms with Crippen LogP contribution in [0.1, 0.15) is 19.8 Å². The van der Waals surface area contributed by atoms with Gasteiger partial charge in [0.25, 0.3) is 12.3 Å². The average molecular weight is 216 g/mol. The van der Waals surface area contributed by atoms with Gasteiger partial charge in [-0.25, -0.2) is 0 Å². The first kappa shape index (κ1) is 10.7. The average Bonchev–Trinajstić information content (AvgIpc) is 2.79. The second kappa shape index (κ2) is 5.35. The number of nitrogens with zero attached hydrogens (tertiary/aromatic N) is 1. The third-order valence-electron chi connectivity index (χ3n) is 2.26. The summed E-state index contributed by atoms with van der Waals surface area (Å²) in [5.41, 5.74) is 0.961. The molecule has 1 aromatic heterocycles. The SMILES string of the molecule is CCCCOc1n[c]oc1-c1ccccc1. The van der Waals surface area contributed by atoms with Crippen LogP contribution in [0.15, 0.2) is 34.7 Å². The number of oxazole rings is 1. The van der Waals surface area contributed by atoms with Crippen LogP contribution in [0.25, 0.3) is 11.3 Å². The first-order valence-corrected chi connectivity index (χ1v) is 5.47. The highest BCUT2D eigenvalue weighted by Gasteiger charge is 2.11. The molecule has 0 spiro atoms. The van der Waals surface area contributed by atoms with Crippen LogP contribution in [-0.4, -0.2) is 11.6 Å². The molecule has 16 heavy (non-hydrogen) atoms. The van der Waals surface area contributed by atoms with Crippen LogP contribution in [0.2, 0.25) is 0 Å². The van der Waals surface area contributed by atoms with E-state index in [9.17, 15) is 0 Å². The summed E-state index contributed by atoms with van der Waals surface area (Å²) in [6, 6.07) is 9.78. The molecule has 1 radical (unpaired) electrons. The van der Waals surface area contributed by atoms with E-state index in [0.29, 0.717) is 18.2 Å². The van der Waals surface area contributed by atoms with Crippen LogP contribution in [0.5, 0.6) is 5.88 Å². The molecule has 1 heterocycles. The Morgan fingerprint density at radius 1 is 1.31 bits per heavy atom. The molecular formula is C13H14NO2. The van der Waals surface area contributed by atoms with Gasteiger partial charge in [-0.3, -0.25) is 0 Å². The Hall–Kier alpha value is -1.77. The topological polar surface area (TPSA) is 35.3 Å². The van der Waals surface area contributed by atoms with E-state index in [0.717, 1.165) is 18.4 Å². The molecule has 0 aliphatic carbocycles. The lowest BCUT2D eigenvalue weighted by atomic mass is 10.2. The van der Waals surface area contributed by atoms with Gasteiger partial charge in [0.2, 0.25) is 0 Å². The Morgan fingerprint density at radius 3 is 2.88 bits per heavy atom. The Labute approximate surface area is 95.1 Å². The van der Waals surface area contributed by atoms with Crippen molar-refractivity contribution in [1.82, 2.24) is 4.98 Å². The zero-order chi connectivity index (χ0) is 11.2. The van der Waals surface area contributed by atoms with E-state index >= 15 is 0 Å². The molecular weight excluding hydrogens is 202 g/mol. The highest BCUT2D eigenvalue weighted by molar-refractivity contribution is 5.61. The maximum absolute atomic E-state index is 5.54. The van der Waals surface area contributed by atoms with Crippen molar-refractivity contribution in [3.63, 3.8) is 0 Å². The van der Waals surface area contributed by atoms with Gasteiger partial charge >= 0.3 is 0 Å². The quantitative estimate of drug-likeness (QED) is 0.719. The number of unbranched alkanes of at least 4 members (excludes halogenated alkanes) is 1. The van der Waals surface area contributed by atoms with Crippen molar-refractivity contribution in [3.05, 3.63) is 36.7 Å². The normalized spacial score (nSPS) is 10.3. The number of ether oxygens (including phenoxy) is 1. The number of benzene rings is 1. The molecule has 1 aromatic carbocycles. The van der Waals surface area contributed by atoms with Gasteiger partial charge in [0, 0.05) is 5.56 Å². The Kier molecular flexibility index (Phi) is 3.59. The molecule has 0 atom stereocenters. The zero-order valence-electron chi connectivity index (χ0n) is 9.27. The molecule has 0 bridgehead atoms. The van der Waals surface area contributed by atoms with E-state index < -0.39 is 0 Å². The van der Waals surface area contributed by atoms with Gasteiger partial charge in [0.1, 0.15) is 0 Å². The lowest BCUT2D eigenvalue weighted by molar-refractivity contribution is 0.299. The summed E-state index contributed by atoms with van der Waals surface area (Å²) in [7, 11) is 0. The van der Waals surface area contributed by atoms with Gasteiger partial charge in [-0.15, -0.1) is 0 Å². The van der Waals surface area contributed by atoms with E-state index in [2.05, 4.69) is 18.3 Å². The van der Waals surface area contributed by atoms with Gasteiger partial charge in [-0.2, -0.15) is 4.98 Å².